The van der Waals surface area contributed by atoms with Crippen molar-refractivity contribution in [2.45, 2.75) is 373 Å². The second kappa shape index (κ2) is 63.6. The molecule has 436 valence electrons. The molecule has 0 aliphatic rings. The molecule has 1 amide bonds. The Morgan fingerprint density at radius 1 is 0.365 bits per heavy atom. The number of esters is 1. The Balaban J connectivity index is 3.37. The van der Waals surface area contributed by atoms with E-state index in [9.17, 15) is 19.8 Å². The number of aliphatic hydroxyl groups excluding tert-OH is 2. The summed E-state index contributed by atoms with van der Waals surface area (Å²) >= 11 is 0. The van der Waals surface area contributed by atoms with Crippen LogP contribution >= 0.6 is 0 Å². The van der Waals surface area contributed by atoms with Gasteiger partial charge in [-0.1, -0.05) is 301 Å². The van der Waals surface area contributed by atoms with Crippen LogP contribution in [0.2, 0.25) is 0 Å². The van der Waals surface area contributed by atoms with Crippen molar-refractivity contribution in [2.75, 3.05) is 13.2 Å². The zero-order chi connectivity index (χ0) is 53.6. The van der Waals surface area contributed by atoms with Crippen molar-refractivity contribution in [3.05, 3.63) is 36.5 Å². The lowest BCUT2D eigenvalue weighted by Crippen LogP contribution is -2.45. The highest BCUT2D eigenvalue weighted by Gasteiger charge is 2.18. The molecule has 6 heteroatoms. The largest absolute Gasteiger partial charge is 0.466 e. The van der Waals surface area contributed by atoms with Gasteiger partial charge in [-0.15, -0.1) is 0 Å². The van der Waals surface area contributed by atoms with E-state index in [1.165, 1.54) is 289 Å². The Bertz CT molecular complexity index is 1200. The van der Waals surface area contributed by atoms with Gasteiger partial charge < -0.3 is 20.3 Å². The van der Waals surface area contributed by atoms with Gasteiger partial charge in [0.2, 0.25) is 5.91 Å². The zero-order valence-corrected chi connectivity index (χ0v) is 49.8. The SMILES string of the molecule is CCCCCCCCC/C=C\CCCCCCCCCC(=O)OCCCCCCCCCCCCCC/C=C\CCCCCCCCCCCCCC(=O)NC(CO)C(O)/C=C/CCCCCCCCCCCC. The summed E-state index contributed by atoms with van der Waals surface area (Å²) < 4.78 is 5.50. The van der Waals surface area contributed by atoms with Crippen LogP contribution in [0.1, 0.15) is 361 Å². The summed E-state index contributed by atoms with van der Waals surface area (Å²) in [5.74, 6) is -0.0567. The van der Waals surface area contributed by atoms with Crippen LogP contribution in [0.15, 0.2) is 36.5 Å². The van der Waals surface area contributed by atoms with Crippen molar-refractivity contribution >= 4 is 11.9 Å². The fourth-order valence-corrected chi connectivity index (χ4v) is 10.3. The molecular formula is C68H129NO5. The van der Waals surface area contributed by atoms with Crippen molar-refractivity contribution < 1.29 is 24.5 Å². The number of aliphatic hydroxyl groups is 2. The van der Waals surface area contributed by atoms with Crippen LogP contribution in [-0.2, 0) is 14.3 Å². The summed E-state index contributed by atoms with van der Waals surface area (Å²) in [7, 11) is 0. The first-order chi connectivity index (χ1) is 36.5. The van der Waals surface area contributed by atoms with Gasteiger partial charge in [-0.2, -0.15) is 0 Å². The van der Waals surface area contributed by atoms with E-state index in [-0.39, 0.29) is 18.5 Å². The lowest BCUT2D eigenvalue weighted by Gasteiger charge is -2.20. The summed E-state index contributed by atoms with van der Waals surface area (Å²) in [4.78, 5) is 24.5. The fourth-order valence-electron chi connectivity index (χ4n) is 10.3. The molecule has 0 aromatic heterocycles. The van der Waals surface area contributed by atoms with E-state index in [0.29, 0.717) is 19.4 Å². The summed E-state index contributed by atoms with van der Waals surface area (Å²) in [6, 6.07) is -0.628. The Kier molecular flexibility index (Phi) is 62.0. The number of hydrogen-bond donors (Lipinski definition) is 3. The minimum Gasteiger partial charge on any atom is -0.466 e. The van der Waals surface area contributed by atoms with Crippen LogP contribution in [0, 0.1) is 0 Å². The van der Waals surface area contributed by atoms with Crippen molar-refractivity contribution in [3.8, 4) is 0 Å². The molecule has 0 saturated carbocycles. The summed E-state index contributed by atoms with van der Waals surface area (Å²) in [6.07, 6.45) is 80.7. The maximum atomic E-state index is 12.4. The Hall–Kier alpha value is -1.92. The highest BCUT2D eigenvalue weighted by molar-refractivity contribution is 5.76. The van der Waals surface area contributed by atoms with E-state index in [4.69, 9.17) is 4.74 Å². The lowest BCUT2D eigenvalue weighted by atomic mass is 10.0. The number of amides is 1. The average molecular weight is 1040 g/mol. The molecule has 0 aliphatic carbocycles. The monoisotopic (exact) mass is 1040 g/mol. The molecule has 6 nitrogen and oxygen atoms in total. The normalized spacial score (nSPS) is 12.8. The number of ether oxygens (including phenoxy) is 1. The first kappa shape index (κ1) is 72.1. The van der Waals surface area contributed by atoms with Crippen molar-refractivity contribution in [2.24, 2.45) is 0 Å². The smallest absolute Gasteiger partial charge is 0.305 e. The van der Waals surface area contributed by atoms with E-state index in [1.807, 2.05) is 6.08 Å². The van der Waals surface area contributed by atoms with Crippen LogP contribution in [0.4, 0.5) is 0 Å². The molecule has 0 saturated heterocycles. The maximum absolute atomic E-state index is 12.4. The van der Waals surface area contributed by atoms with Crippen LogP contribution in [0.5, 0.6) is 0 Å². The van der Waals surface area contributed by atoms with Gasteiger partial charge in [0.05, 0.1) is 25.4 Å². The molecule has 0 radical (unpaired) electrons. The molecule has 2 unspecified atom stereocenters. The molecule has 0 spiro atoms. The standard InChI is InChI=1S/C68H129NO5/c1-3-5-7-9-11-13-15-17-18-19-32-35-38-42-46-50-54-58-62-68(73)74-63-59-55-51-47-43-39-36-33-30-28-26-24-22-20-21-23-25-27-29-31-34-37-41-45-49-53-57-61-67(72)69-65(64-70)66(71)60-56-52-48-44-40-16-14-12-10-8-6-4-2/h18-21,56,60,65-66,70-71H,3-17,22-55,57-59,61-64H2,1-2H3,(H,69,72)/b19-18-,21-20-,60-56+. The number of carbonyl (C=O) groups is 2. The summed E-state index contributed by atoms with van der Waals surface area (Å²) in [5, 5.41) is 23.1. The minimum atomic E-state index is -0.844. The second-order valence-electron chi connectivity index (χ2n) is 22.8. The predicted octanol–water partition coefficient (Wildman–Crippen LogP) is 21.1. The predicted molar refractivity (Wildman–Crippen MR) is 324 cm³/mol. The molecule has 0 aliphatic heterocycles. The van der Waals surface area contributed by atoms with Crippen LogP contribution in [0.3, 0.4) is 0 Å². The Labute approximate surface area is 462 Å². The van der Waals surface area contributed by atoms with Gasteiger partial charge in [-0.05, 0) is 83.5 Å². The molecule has 0 heterocycles. The number of carbonyl (C=O) groups excluding carboxylic acids is 2. The molecule has 0 bridgehead atoms. The van der Waals surface area contributed by atoms with E-state index < -0.39 is 12.1 Å². The minimum absolute atomic E-state index is 0.0120. The number of nitrogens with one attached hydrogen (secondary N) is 1. The Morgan fingerprint density at radius 2 is 0.635 bits per heavy atom. The lowest BCUT2D eigenvalue weighted by molar-refractivity contribution is -0.143. The van der Waals surface area contributed by atoms with Gasteiger partial charge in [0.1, 0.15) is 0 Å². The van der Waals surface area contributed by atoms with Crippen molar-refractivity contribution in [1.29, 1.82) is 0 Å². The van der Waals surface area contributed by atoms with Gasteiger partial charge >= 0.3 is 5.97 Å². The highest BCUT2D eigenvalue weighted by Crippen LogP contribution is 2.17. The van der Waals surface area contributed by atoms with E-state index in [2.05, 4.69) is 43.5 Å². The van der Waals surface area contributed by atoms with Gasteiger partial charge in [-0.3, -0.25) is 9.59 Å². The van der Waals surface area contributed by atoms with Crippen LogP contribution < -0.4 is 5.32 Å². The van der Waals surface area contributed by atoms with Crippen LogP contribution in [0.25, 0.3) is 0 Å². The van der Waals surface area contributed by atoms with Gasteiger partial charge in [0, 0.05) is 12.8 Å². The number of hydrogen-bond acceptors (Lipinski definition) is 5. The second-order valence-corrected chi connectivity index (χ2v) is 22.8. The maximum Gasteiger partial charge on any atom is 0.305 e. The van der Waals surface area contributed by atoms with Crippen LogP contribution in [-0.4, -0.2) is 47.4 Å². The third-order valence-corrected chi connectivity index (χ3v) is 15.4. The van der Waals surface area contributed by atoms with Gasteiger partial charge in [-0.25, -0.2) is 0 Å². The molecule has 0 rings (SSSR count). The number of allylic oxidation sites excluding steroid dienone is 5. The summed E-state index contributed by atoms with van der Waals surface area (Å²) in [6.45, 7) is 4.91. The number of rotatable bonds is 62. The molecule has 74 heavy (non-hydrogen) atoms. The van der Waals surface area contributed by atoms with E-state index in [1.54, 1.807) is 6.08 Å². The molecule has 0 aromatic rings. The molecule has 0 fully saturated rings. The average Bonchev–Trinajstić information content (AvgIpc) is 3.40. The van der Waals surface area contributed by atoms with Crippen molar-refractivity contribution in [1.82, 2.24) is 5.32 Å². The Morgan fingerprint density at radius 3 is 0.959 bits per heavy atom. The highest BCUT2D eigenvalue weighted by atomic mass is 16.5. The molecular weight excluding hydrogens is 911 g/mol. The third-order valence-electron chi connectivity index (χ3n) is 15.4. The molecule has 0 aromatic carbocycles. The van der Waals surface area contributed by atoms with Gasteiger partial charge in [0.25, 0.3) is 0 Å². The molecule has 3 N–H and O–H groups in total. The topological polar surface area (TPSA) is 95.9 Å². The quantitative estimate of drug-likeness (QED) is 0.0320. The van der Waals surface area contributed by atoms with Crippen molar-refractivity contribution in [3.63, 3.8) is 0 Å². The summed E-state index contributed by atoms with van der Waals surface area (Å²) in [5.41, 5.74) is 0. The molecule has 2 atom stereocenters. The number of unbranched alkanes of at least 4 members (excludes halogenated alkanes) is 47. The third kappa shape index (κ3) is 59.3. The first-order valence-corrected chi connectivity index (χ1v) is 33.3. The van der Waals surface area contributed by atoms with E-state index in [0.717, 1.165) is 44.9 Å². The van der Waals surface area contributed by atoms with E-state index >= 15 is 0 Å². The fraction of sp³-hybridized carbons (Fsp3) is 0.882. The first-order valence-electron chi connectivity index (χ1n) is 33.3. The zero-order valence-electron chi connectivity index (χ0n) is 49.8. The van der Waals surface area contributed by atoms with Gasteiger partial charge in [0.15, 0.2) is 0 Å².